The summed E-state index contributed by atoms with van der Waals surface area (Å²) >= 11 is 1.26. The fourth-order valence-electron chi connectivity index (χ4n) is 4.84. The number of aryl methyl sites for hydroxylation is 1. The summed E-state index contributed by atoms with van der Waals surface area (Å²) in [4.78, 5) is 51.1. The van der Waals surface area contributed by atoms with Crippen LogP contribution in [0, 0.1) is 13.8 Å². The van der Waals surface area contributed by atoms with E-state index < -0.39 is 22.8 Å². The van der Waals surface area contributed by atoms with Crippen molar-refractivity contribution < 1.29 is 14.7 Å². The highest BCUT2D eigenvalue weighted by molar-refractivity contribution is 7.19. The van der Waals surface area contributed by atoms with Crippen LogP contribution >= 0.6 is 11.3 Å². The van der Waals surface area contributed by atoms with E-state index in [2.05, 4.69) is 4.98 Å². The van der Waals surface area contributed by atoms with Crippen LogP contribution in [0.5, 0.6) is 0 Å². The molecule has 38 heavy (non-hydrogen) atoms. The zero-order valence-electron chi connectivity index (χ0n) is 22.2. The molecular formula is C26H30N6O5S. The average Bonchev–Trinajstić information content (AvgIpc) is 3.51. The molecular weight excluding hydrogens is 508 g/mol. The Hall–Kier alpha value is -3.61. The predicted octanol–water partition coefficient (Wildman–Crippen LogP) is 2.27. The van der Waals surface area contributed by atoms with E-state index in [1.165, 1.54) is 18.4 Å². The number of nitrogens with zero attached hydrogens (tertiary/aromatic N) is 6. The smallest absolute Gasteiger partial charge is 0.332 e. The number of hydroxylamine groups is 2. The molecule has 5 rings (SSSR count). The third-order valence-corrected chi connectivity index (χ3v) is 8.04. The maximum Gasteiger partial charge on any atom is 0.332 e. The first-order valence-corrected chi connectivity index (χ1v) is 13.1. The van der Waals surface area contributed by atoms with Crippen LogP contribution in [0.25, 0.3) is 15.9 Å². The summed E-state index contributed by atoms with van der Waals surface area (Å²) in [6.07, 6.45) is 3.71. The Morgan fingerprint density at radius 3 is 2.53 bits per heavy atom. The quantitative estimate of drug-likeness (QED) is 0.413. The molecule has 1 amide bonds. The van der Waals surface area contributed by atoms with Crippen molar-refractivity contribution in [3.63, 3.8) is 0 Å². The lowest BCUT2D eigenvalue weighted by atomic mass is 10.0. The maximum atomic E-state index is 13.9. The number of hydrogen-bond acceptors (Lipinski definition) is 8. The highest BCUT2D eigenvalue weighted by Gasteiger charge is 2.39. The minimum absolute atomic E-state index is 0.0369. The zero-order chi connectivity index (χ0) is 27.5. The van der Waals surface area contributed by atoms with Crippen molar-refractivity contribution in [2.24, 2.45) is 7.05 Å². The number of rotatable bonds is 5. The van der Waals surface area contributed by atoms with Gasteiger partial charge in [0.05, 0.1) is 28.9 Å². The van der Waals surface area contributed by atoms with Crippen LogP contribution in [-0.2, 0) is 18.3 Å². The van der Waals surface area contributed by atoms with E-state index in [0.717, 1.165) is 32.3 Å². The van der Waals surface area contributed by atoms with Gasteiger partial charge in [-0.2, -0.15) is 5.10 Å². The topological polar surface area (TPSA) is 124 Å². The molecule has 12 heteroatoms. The third kappa shape index (κ3) is 4.18. The lowest BCUT2D eigenvalue weighted by Gasteiger charge is -2.17. The van der Waals surface area contributed by atoms with Gasteiger partial charge in [-0.1, -0.05) is 0 Å². The first kappa shape index (κ1) is 26.0. The summed E-state index contributed by atoms with van der Waals surface area (Å²) in [6.45, 7) is 9.09. The number of carbonyl (C=O) groups is 1. The van der Waals surface area contributed by atoms with Gasteiger partial charge < -0.3 is 5.11 Å². The number of thiophene rings is 1. The molecule has 1 atom stereocenters. The van der Waals surface area contributed by atoms with E-state index in [1.807, 2.05) is 44.5 Å². The molecule has 4 aromatic heterocycles. The van der Waals surface area contributed by atoms with E-state index in [9.17, 15) is 19.5 Å². The van der Waals surface area contributed by atoms with E-state index in [0.29, 0.717) is 16.1 Å². The van der Waals surface area contributed by atoms with Gasteiger partial charge in [0, 0.05) is 48.0 Å². The fraction of sp³-hybridized carbons (Fsp3) is 0.423. The van der Waals surface area contributed by atoms with Crippen molar-refractivity contribution in [2.75, 3.05) is 13.2 Å². The molecule has 4 aromatic rings. The van der Waals surface area contributed by atoms with Gasteiger partial charge in [-0.05, 0) is 46.8 Å². The number of β-amino-alcohol motifs (C(OH)–C–C–N with tert-alkyl or cyclic N) is 1. The highest BCUT2D eigenvalue weighted by atomic mass is 32.1. The molecule has 0 bridgehead atoms. The average molecular weight is 539 g/mol. The van der Waals surface area contributed by atoms with Gasteiger partial charge in [0.15, 0.2) is 0 Å². The molecule has 11 nitrogen and oxygen atoms in total. The highest BCUT2D eigenvalue weighted by Crippen LogP contribution is 2.35. The van der Waals surface area contributed by atoms with Crippen LogP contribution in [0.1, 0.15) is 59.0 Å². The SMILES string of the molecule is Cc1nn(-c2ccncc2)c(C)c1Cc1sc2c(c1C(=O)N1CC(C)(O)CO1)c(=O)n(C)c(=O)n2C(C)C. The summed E-state index contributed by atoms with van der Waals surface area (Å²) < 4.78 is 4.41. The summed E-state index contributed by atoms with van der Waals surface area (Å²) in [5, 5.41) is 16.4. The van der Waals surface area contributed by atoms with E-state index >= 15 is 0 Å². The number of carbonyl (C=O) groups excluding carboxylic acids is 1. The lowest BCUT2D eigenvalue weighted by Crippen LogP contribution is -2.39. The first-order valence-electron chi connectivity index (χ1n) is 12.3. The molecule has 1 unspecified atom stereocenters. The molecule has 1 aliphatic heterocycles. The molecule has 0 aromatic carbocycles. The van der Waals surface area contributed by atoms with Crippen LogP contribution in [0.15, 0.2) is 34.1 Å². The number of aliphatic hydroxyl groups is 1. The zero-order valence-corrected chi connectivity index (χ0v) is 23.0. The number of fused-ring (bicyclic) bond motifs is 1. The van der Waals surface area contributed by atoms with Gasteiger partial charge in [-0.3, -0.25) is 28.5 Å². The molecule has 1 fully saturated rings. The number of pyridine rings is 1. The largest absolute Gasteiger partial charge is 0.386 e. The Bertz CT molecular complexity index is 1680. The molecule has 0 spiro atoms. The minimum Gasteiger partial charge on any atom is -0.386 e. The number of amides is 1. The molecule has 0 saturated carbocycles. The third-order valence-electron chi connectivity index (χ3n) is 6.85. The van der Waals surface area contributed by atoms with E-state index in [4.69, 9.17) is 9.94 Å². The van der Waals surface area contributed by atoms with Crippen molar-refractivity contribution >= 4 is 27.5 Å². The molecule has 0 radical (unpaired) electrons. The van der Waals surface area contributed by atoms with Gasteiger partial charge in [0.25, 0.3) is 11.5 Å². The van der Waals surface area contributed by atoms with Crippen LogP contribution < -0.4 is 11.2 Å². The molecule has 0 aliphatic carbocycles. The van der Waals surface area contributed by atoms with Crippen LogP contribution in [0.4, 0.5) is 0 Å². The van der Waals surface area contributed by atoms with Crippen molar-refractivity contribution in [2.45, 2.75) is 52.7 Å². The molecule has 200 valence electrons. The fourth-order valence-corrected chi connectivity index (χ4v) is 6.26. The van der Waals surface area contributed by atoms with Crippen molar-refractivity contribution in [3.05, 3.63) is 72.8 Å². The van der Waals surface area contributed by atoms with Crippen molar-refractivity contribution in [3.8, 4) is 5.69 Å². The Morgan fingerprint density at radius 2 is 1.92 bits per heavy atom. The predicted molar refractivity (Wildman–Crippen MR) is 143 cm³/mol. The molecule has 1 N–H and O–H groups in total. The van der Waals surface area contributed by atoms with Gasteiger partial charge in [-0.15, -0.1) is 11.3 Å². The Morgan fingerprint density at radius 1 is 1.24 bits per heavy atom. The van der Waals surface area contributed by atoms with Crippen LogP contribution in [0.3, 0.4) is 0 Å². The molecule has 5 heterocycles. The summed E-state index contributed by atoms with van der Waals surface area (Å²) in [5.41, 5.74) is 1.44. The van der Waals surface area contributed by atoms with Gasteiger partial charge in [-0.25, -0.2) is 14.5 Å². The second kappa shape index (κ2) is 9.29. The monoisotopic (exact) mass is 538 g/mol. The Labute approximate surface area is 222 Å². The normalized spacial score (nSPS) is 17.7. The second-order valence-electron chi connectivity index (χ2n) is 10.2. The Kier molecular flexibility index (Phi) is 6.36. The summed E-state index contributed by atoms with van der Waals surface area (Å²) in [6, 6.07) is 3.48. The standard InChI is InChI=1S/C26H30N6O5S/c1-14(2)31-24-21(22(33)29(6)25(31)35)20(23(34)30-12-26(5,36)13-37-30)19(38-24)11-18-15(3)28-32(16(18)4)17-7-9-27-10-8-17/h7-10,14,36H,11-13H2,1-6H3. The second-order valence-corrected chi connectivity index (χ2v) is 11.3. The maximum absolute atomic E-state index is 13.9. The summed E-state index contributed by atoms with van der Waals surface area (Å²) in [5.74, 6) is -0.521. The first-order chi connectivity index (χ1) is 17.9. The van der Waals surface area contributed by atoms with Gasteiger partial charge in [0.2, 0.25) is 0 Å². The van der Waals surface area contributed by atoms with Crippen molar-refractivity contribution in [1.82, 2.24) is 29.0 Å². The molecule has 1 aliphatic rings. The van der Waals surface area contributed by atoms with Crippen molar-refractivity contribution in [1.29, 1.82) is 0 Å². The minimum atomic E-state index is -1.20. The van der Waals surface area contributed by atoms with E-state index in [-0.39, 0.29) is 30.1 Å². The molecule has 1 saturated heterocycles. The van der Waals surface area contributed by atoms with Crippen LogP contribution in [-0.4, -0.2) is 58.7 Å². The lowest BCUT2D eigenvalue weighted by molar-refractivity contribution is -0.0796. The Balaban J connectivity index is 1.74. The van der Waals surface area contributed by atoms with Gasteiger partial charge in [0.1, 0.15) is 17.0 Å². The van der Waals surface area contributed by atoms with Crippen LogP contribution in [0.2, 0.25) is 0 Å². The van der Waals surface area contributed by atoms with Gasteiger partial charge >= 0.3 is 5.69 Å². The number of aromatic nitrogens is 5. The van der Waals surface area contributed by atoms with E-state index in [1.54, 1.807) is 23.9 Å². The number of hydrogen-bond donors (Lipinski definition) is 1. The summed E-state index contributed by atoms with van der Waals surface area (Å²) in [7, 11) is 1.42.